The summed E-state index contributed by atoms with van der Waals surface area (Å²) in [6.07, 6.45) is 0. The van der Waals surface area contributed by atoms with Crippen molar-refractivity contribution in [2.75, 3.05) is 6.54 Å². The Bertz CT molecular complexity index is 790. The second-order valence-electron chi connectivity index (χ2n) is 5.14. The summed E-state index contributed by atoms with van der Waals surface area (Å²) in [5.41, 5.74) is 1.19. The van der Waals surface area contributed by atoms with Gasteiger partial charge in [0.2, 0.25) is 0 Å². The Morgan fingerprint density at radius 2 is 2.08 bits per heavy atom. The first-order chi connectivity index (χ1) is 11.4. The number of alkyl halides is 2. The molecule has 0 atom stereocenters. The number of ether oxygens (including phenoxy) is 1. The molecule has 1 aromatic heterocycles. The fourth-order valence-corrected chi connectivity index (χ4v) is 2.24. The van der Waals surface area contributed by atoms with E-state index in [1.807, 2.05) is 0 Å². The number of carbonyl (C=O) groups is 1. The molecule has 0 radical (unpaired) electrons. The average Bonchev–Trinajstić information content (AvgIpc) is 2.49. The summed E-state index contributed by atoms with van der Waals surface area (Å²) < 4.78 is 30.1. The van der Waals surface area contributed by atoms with Crippen LogP contribution in [0.1, 0.15) is 21.7 Å². The number of benzene rings is 1. The molecular weight excluding hydrogens is 320 g/mol. The summed E-state index contributed by atoms with van der Waals surface area (Å²) in [5.74, 6) is -0.534. The fourth-order valence-electron chi connectivity index (χ4n) is 2.24. The maximum Gasteiger partial charge on any atom is 0.387 e. The van der Waals surface area contributed by atoms with Crippen molar-refractivity contribution in [1.82, 2.24) is 14.9 Å². The van der Waals surface area contributed by atoms with Gasteiger partial charge in [-0.25, -0.2) is 4.79 Å². The van der Waals surface area contributed by atoms with Crippen LogP contribution in [0, 0.1) is 13.8 Å². The largest absolute Gasteiger partial charge is 0.435 e. The van der Waals surface area contributed by atoms with Crippen LogP contribution in [0.5, 0.6) is 5.75 Å². The third-order valence-corrected chi connectivity index (χ3v) is 3.29. The van der Waals surface area contributed by atoms with Crippen molar-refractivity contribution in [2.45, 2.75) is 27.0 Å². The van der Waals surface area contributed by atoms with Crippen LogP contribution in [0.4, 0.5) is 8.78 Å². The minimum Gasteiger partial charge on any atom is -0.435 e. The van der Waals surface area contributed by atoms with Gasteiger partial charge in [0.15, 0.2) is 0 Å². The zero-order valence-corrected chi connectivity index (χ0v) is 13.3. The second-order valence-corrected chi connectivity index (χ2v) is 5.14. The van der Waals surface area contributed by atoms with Gasteiger partial charge in [0, 0.05) is 30.0 Å². The Morgan fingerprint density at radius 3 is 2.75 bits per heavy atom. The summed E-state index contributed by atoms with van der Waals surface area (Å²) in [4.78, 5) is 27.7. The molecule has 0 spiro atoms. The van der Waals surface area contributed by atoms with E-state index in [0.717, 1.165) is 5.69 Å². The molecule has 128 valence electrons. The van der Waals surface area contributed by atoms with Crippen molar-refractivity contribution in [3.8, 4) is 5.75 Å². The molecule has 0 fully saturated rings. The Labute approximate surface area is 137 Å². The van der Waals surface area contributed by atoms with Crippen LogP contribution in [0.2, 0.25) is 0 Å². The van der Waals surface area contributed by atoms with E-state index in [1.165, 1.54) is 28.8 Å². The number of halogens is 2. The number of hydrogen-bond acceptors (Lipinski definition) is 4. The molecule has 0 unspecified atom stereocenters. The lowest BCUT2D eigenvalue weighted by molar-refractivity contribution is -0.0498. The third-order valence-electron chi connectivity index (χ3n) is 3.29. The van der Waals surface area contributed by atoms with Crippen LogP contribution in [0.25, 0.3) is 0 Å². The molecule has 0 aliphatic heterocycles. The minimum absolute atomic E-state index is 0.0903. The molecule has 1 heterocycles. The van der Waals surface area contributed by atoms with Crippen LogP contribution in [0.15, 0.2) is 35.1 Å². The number of hydrogen-bond donors (Lipinski definition) is 1. The summed E-state index contributed by atoms with van der Waals surface area (Å²) >= 11 is 0. The first kappa shape index (κ1) is 17.6. The van der Waals surface area contributed by atoms with E-state index in [0.29, 0.717) is 5.69 Å². The SMILES string of the molecule is Cc1cc(C)n(CCNC(=O)c2cccc(OC(F)F)c2)c(=O)n1. The van der Waals surface area contributed by atoms with Crippen molar-refractivity contribution in [2.24, 2.45) is 0 Å². The third kappa shape index (κ3) is 4.61. The predicted molar refractivity (Wildman–Crippen MR) is 83.4 cm³/mol. The van der Waals surface area contributed by atoms with Gasteiger partial charge in [-0.05, 0) is 38.1 Å². The van der Waals surface area contributed by atoms with Crippen LogP contribution in [0.3, 0.4) is 0 Å². The first-order valence-corrected chi connectivity index (χ1v) is 7.25. The summed E-state index contributed by atoms with van der Waals surface area (Å²) in [6.45, 7) is 1.02. The zero-order chi connectivity index (χ0) is 17.7. The number of aromatic nitrogens is 2. The monoisotopic (exact) mass is 337 g/mol. The Kier molecular flexibility index (Phi) is 5.62. The highest BCUT2D eigenvalue weighted by molar-refractivity contribution is 5.94. The van der Waals surface area contributed by atoms with E-state index in [2.05, 4.69) is 15.0 Å². The van der Waals surface area contributed by atoms with E-state index in [4.69, 9.17) is 0 Å². The maximum absolute atomic E-state index is 12.2. The Morgan fingerprint density at radius 1 is 1.33 bits per heavy atom. The average molecular weight is 337 g/mol. The van der Waals surface area contributed by atoms with Crippen molar-refractivity contribution in [1.29, 1.82) is 0 Å². The molecule has 1 aromatic carbocycles. The van der Waals surface area contributed by atoms with E-state index >= 15 is 0 Å². The number of amides is 1. The van der Waals surface area contributed by atoms with Crippen LogP contribution in [-0.2, 0) is 6.54 Å². The molecule has 2 rings (SSSR count). The lowest BCUT2D eigenvalue weighted by atomic mass is 10.2. The van der Waals surface area contributed by atoms with Crippen LogP contribution < -0.4 is 15.7 Å². The van der Waals surface area contributed by atoms with E-state index < -0.39 is 12.5 Å². The van der Waals surface area contributed by atoms with Gasteiger partial charge in [0.05, 0.1) is 0 Å². The van der Waals surface area contributed by atoms with E-state index in [1.54, 1.807) is 19.9 Å². The van der Waals surface area contributed by atoms with Gasteiger partial charge in [-0.15, -0.1) is 0 Å². The highest BCUT2D eigenvalue weighted by atomic mass is 19.3. The van der Waals surface area contributed by atoms with Crippen molar-refractivity contribution in [3.63, 3.8) is 0 Å². The Hall–Kier alpha value is -2.77. The molecule has 1 amide bonds. The van der Waals surface area contributed by atoms with Gasteiger partial charge in [-0.2, -0.15) is 13.8 Å². The smallest absolute Gasteiger partial charge is 0.387 e. The number of aryl methyl sites for hydroxylation is 2. The van der Waals surface area contributed by atoms with Crippen molar-refractivity contribution in [3.05, 3.63) is 57.8 Å². The van der Waals surface area contributed by atoms with Gasteiger partial charge in [0.25, 0.3) is 5.91 Å². The highest BCUT2D eigenvalue weighted by Crippen LogP contribution is 2.15. The fraction of sp³-hybridized carbons (Fsp3) is 0.312. The summed E-state index contributed by atoms with van der Waals surface area (Å²) in [6, 6.07) is 7.27. The molecule has 0 aliphatic carbocycles. The summed E-state index contributed by atoms with van der Waals surface area (Å²) in [5, 5.41) is 2.63. The molecule has 0 bridgehead atoms. The van der Waals surface area contributed by atoms with Gasteiger partial charge in [-0.1, -0.05) is 6.07 Å². The van der Waals surface area contributed by atoms with Gasteiger partial charge >= 0.3 is 12.3 Å². The van der Waals surface area contributed by atoms with Crippen molar-refractivity contribution < 1.29 is 18.3 Å². The molecule has 0 saturated heterocycles. The molecule has 0 saturated carbocycles. The number of nitrogens with zero attached hydrogens (tertiary/aromatic N) is 2. The minimum atomic E-state index is -2.95. The molecule has 24 heavy (non-hydrogen) atoms. The van der Waals surface area contributed by atoms with Crippen LogP contribution in [-0.4, -0.2) is 28.6 Å². The van der Waals surface area contributed by atoms with Gasteiger partial charge in [0.1, 0.15) is 5.75 Å². The molecule has 8 heteroatoms. The lowest BCUT2D eigenvalue weighted by Crippen LogP contribution is -2.33. The lowest BCUT2D eigenvalue weighted by Gasteiger charge is -2.11. The molecule has 1 N–H and O–H groups in total. The number of carbonyl (C=O) groups excluding carboxylic acids is 1. The first-order valence-electron chi connectivity index (χ1n) is 7.25. The number of nitrogens with one attached hydrogen (secondary N) is 1. The quantitative estimate of drug-likeness (QED) is 0.874. The predicted octanol–water partition coefficient (Wildman–Crippen LogP) is 1.89. The van der Waals surface area contributed by atoms with Crippen molar-refractivity contribution >= 4 is 5.91 Å². The normalized spacial score (nSPS) is 10.7. The van der Waals surface area contributed by atoms with Gasteiger partial charge < -0.3 is 10.1 Å². The topological polar surface area (TPSA) is 73.2 Å². The van der Waals surface area contributed by atoms with Gasteiger partial charge in [-0.3, -0.25) is 9.36 Å². The number of rotatable bonds is 6. The molecule has 0 aliphatic rings. The highest BCUT2D eigenvalue weighted by Gasteiger charge is 2.10. The van der Waals surface area contributed by atoms with E-state index in [-0.39, 0.29) is 30.1 Å². The Balaban J connectivity index is 1.98. The maximum atomic E-state index is 12.2. The van der Waals surface area contributed by atoms with Crippen LogP contribution >= 0.6 is 0 Å². The molecular formula is C16H17F2N3O3. The second kappa shape index (κ2) is 7.67. The van der Waals surface area contributed by atoms with E-state index in [9.17, 15) is 18.4 Å². The zero-order valence-electron chi connectivity index (χ0n) is 13.3. The standard InChI is InChI=1S/C16H17F2N3O3/c1-10-8-11(2)21(16(23)20-10)7-6-19-14(22)12-4-3-5-13(9-12)24-15(17)18/h3-5,8-9,15H,6-7H2,1-2H3,(H,19,22). The summed E-state index contributed by atoms with van der Waals surface area (Å²) in [7, 11) is 0. The molecule has 6 nitrogen and oxygen atoms in total. The molecule has 2 aromatic rings.